The number of benzene rings is 3. The van der Waals surface area contributed by atoms with E-state index in [0.717, 1.165) is 50.5 Å². The van der Waals surface area contributed by atoms with E-state index in [1.165, 1.54) is 17.2 Å². The maximum atomic E-state index is 12.7. The Labute approximate surface area is 260 Å². The summed E-state index contributed by atoms with van der Waals surface area (Å²) >= 11 is 0. The first-order valence-electron chi connectivity index (χ1n) is 16.2. The normalized spacial score (nSPS) is 27.2. The Bertz CT molecular complexity index is 1470. The monoisotopic (exact) mass is 599 g/mol. The Morgan fingerprint density at radius 2 is 1.84 bits per heavy atom. The molecule has 0 aromatic heterocycles. The topological polar surface area (TPSA) is 108 Å². The molecule has 7 nitrogen and oxygen atoms in total. The summed E-state index contributed by atoms with van der Waals surface area (Å²) in [5.74, 6) is 2.00. The van der Waals surface area contributed by atoms with E-state index in [2.05, 4.69) is 37.4 Å². The predicted octanol–water partition coefficient (Wildman–Crippen LogP) is 6.27. The Kier molecular flexibility index (Phi) is 8.99. The molecule has 3 aliphatic carbocycles. The first kappa shape index (κ1) is 30.6. The van der Waals surface area contributed by atoms with E-state index in [4.69, 9.17) is 9.47 Å². The molecule has 0 spiro atoms. The quantitative estimate of drug-likeness (QED) is 0.124. The third-order valence-electron chi connectivity index (χ3n) is 10.7. The fourth-order valence-corrected chi connectivity index (χ4v) is 8.14. The molecule has 234 valence electrons. The molecular weight excluding hydrogens is 554 g/mol. The van der Waals surface area contributed by atoms with Crippen LogP contribution in [0.4, 0.5) is 0 Å². The van der Waals surface area contributed by atoms with Crippen LogP contribution in [0.3, 0.4) is 0 Å². The van der Waals surface area contributed by atoms with Crippen molar-refractivity contribution in [3.63, 3.8) is 0 Å². The highest BCUT2D eigenvalue weighted by Crippen LogP contribution is 2.61. The number of esters is 1. The number of hydrogen-bond donors (Lipinski definition) is 4. The van der Waals surface area contributed by atoms with Crippen LogP contribution in [0.5, 0.6) is 17.2 Å². The molecule has 44 heavy (non-hydrogen) atoms. The fraction of sp³-hybridized carbons (Fsp3) is 0.486. The molecule has 0 radical (unpaired) electrons. The zero-order chi connectivity index (χ0) is 30.8. The van der Waals surface area contributed by atoms with Crippen LogP contribution in [-0.2, 0) is 19.6 Å². The molecule has 3 aromatic rings. The molecule has 2 saturated carbocycles. The third kappa shape index (κ3) is 5.97. The van der Waals surface area contributed by atoms with Crippen LogP contribution in [0.1, 0.15) is 90.9 Å². The number of fused-ring (bicyclic) bond motifs is 5. The van der Waals surface area contributed by atoms with Crippen LogP contribution in [-0.4, -0.2) is 40.0 Å². The van der Waals surface area contributed by atoms with Gasteiger partial charge in [-0.1, -0.05) is 44.5 Å². The summed E-state index contributed by atoms with van der Waals surface area (Å²) in [4.78, 5) is 12.7. The molecule has 0 heterocycles. The zero-order valence-electron chi connectivity index (χ0n) is 25.8. The number of hydrogen-bond acceptors (Lipinski definition) is 7. The first-order chi connectivity index (χ1) is 21.3. The first-order valence-corrected chi connectivity index (χ1v) is 16.2. The Morgan fingerprint density at radius 3 is 2.59 bits per heavy atom. The number of phenolic OH excluding ortho intramolecular Hbond substituents is 1. The average Bonchev–Trinajstić information content (AvgIpc) is 3.30. The summed E-state index contributed by atoms with van der Waals surface area (Å²) < 4.78 is 11.2. The molecule has 6 atom stereocenters. The van der Waals surface area contributed by atoms with Crippen LogP contribution >= 0.6 is 0 Å². The van der Waals surface area contributed by atoms with Crippen LogP contribution in [0.25, 0.3) is 0 Å². The molecule has 2 fully saturated rings. The zero-order valence-corrected chi connectivity index (χ0v) is 25.8. The van der Waals surface area contributed by atoms with Gasteiger partial charge in [-0.25, -0.2) is 4.79 Å². The van der Waals surface area contributed by atoms with Gasteiger partial charge >= 0.3 is 5.97 Å². The summed E-state index contributed by atoms with van der Waals surface area (Å²) in [7, 11) is 0. The number of unbranched alkanes of at least 4 members (excludes halogenated alkanes) is 1. The average molecular weight is 600 g/mol. The van der Waals surface area contributed by atoms with Gasteiger partial charge in [0.1, 0.15) is 17.2 Å². The fourth-order valence-electron chi connectivity index (χ4n) is 8.14. The number of aromatic hydroxyl groups is 1. The minimum Gasteiger partial charge on any atom is -0.507 e. The van der Waals surface area contributed by atoms with Crippen LogP contribution in [0.15, 0.2) is 60.7 Å². The van der Waals surface area contributed by atoms with Gasteiger partial charge < -0.3 is 30.1 Å². The van der Waals surface area contributed by atoms with Crippen molar-refractivity contribution < 1.29 is 29.6 Å². The van der Waals surface area contributed by atoms with Gasteiger partial charge in [-0.3, -0.25) is 0 Å². The van der Waals surface area contributed by atoms with E-state index in [1.807, 2.05) is 0 Å². The van der Waals surface area contributed by atoms with E-state index in [1.54, 1.807) is 36.4 Å². The van der Waals surface area contributed by atoms with Crippen LogP contribution in [0, 0.1) is 17.3 Å². The highest BCUT2D eigenvalue weighted by molar-refractivity contribution is 5.91. The van der Waals surface area contributed by atoms with Crippen molar-refractivity contribution in [2.45, 2.75) is 90.0 Å². The van der Waals surface area contributed by atoms with E-state index >= 15 is 0 Å². The van der Waals surface area contributed by atoms with Gasteiger partial charge in [-0.2, -0.15) is 0 Å². The number of aliphatic hydroxyl groups is 2. The number of ether oxygens (including phenoxy) is 2. The van der Waals surface area contributed by atoms with E-state index < -0.39 is 12.1 Å². The number of rotatable bonds is 10. The molecule has 3 aliphatic rings. The number of carbonyl (C=O) groups is 1. The van der Waals surface area contributed by atoms with Crippen molar-refractivity contribution in [1.29, 1.82) is 0 Å². The van der Waals surface area contributed by atoms with Gasteiger partial charge in [0.05, 0.1) is 24.9 Å². The van der Waals surface area contributed by atoms with Gasteiger partial charge in [0, 0.05) is 24.2 Å². The molecular formula is C37H45NO6. The van der Waals surface area contributed by atoms with E-state index in [0.29, 0.717) is 47.8 Å². The van der Waals surface area contributed by atoms with Gasteiger partial charge in [0.15, 0.2) is 0 Å². The second-order valence-corrected chi connectivity index (χ2v) is 13.2. The van der Waals surface area contributed by atoms with E-state index in [9.17, 15) is 20.1 Å². The van der Waals surface area contributed by atoms with Crippen molar-refractivity contribution in [2.24, 2.45) is 17.3 Å². The molecule has 7 heteroatoms. The Hall–Kier alpha value is -3.39. The predicted molar refractivity (Wildman–Crippen MR) is 169 cm³/mol. The molecule has 4 N–H and O–H groups in total. The van der Waals surface area contributed by atoms with Crippen molar-refractivity contribution in [2.75, 3.05) is 6.61 Å². The lowest BCUT2D eigenvalue weighted by Crippen LogP contribution is -2.46. The summed E-state index contributed by atoms with van der Waals surface area (Å²) in [5, 5.41) is 35.5. The number of phenols is 1. The van der Waals surface area contributed by atoms with Crippen LogP contribution < -0.4 is 14.8 Å². The number of aliphatic hydroxyl groups excluding tert-OH is 2. The molecule has 6 rings (SSSR count). The molecule has 0 amide bonds. The summed E-state index contributed by atoms with van der Waals surface area (Å²) in [6, 6.07) is 18.2. The van der Waals surface area contributed by atoms with Crippen molar-refractivity contribution in [1.82, 2.24) is 5.32 Å². The Morgan fingerprint density at radius 1 is 1.05 bits per heavy atom. The summed E-state index contributed by atoms with van der Waals surface area (Å²) in [6.45, 7) is 5.50. The number of carbonyl (C=O) groups excluding carboxylic acids is 1. The Balaban J connectivity index is 1.06. The summed E-state index contributed by atoms with van der Waals surface area (Å²) in [5.41, 5.74) is 4.75. The third-order valence-corrected chi connectivity index (χ3v) is 10.7. The second kappa shape index (κ2) is 12.9. The lowest BCUT2D eigenvalue weighted by molar-refractivity contribution is -0.0281. The van der Waals surface area contributed by atoms with E-state index in [-0.39, 0.29) is 29.6 Å². The number of nitrogens with one attached hydrogen (secondary N) is 1. The van der Waals surface area contributed by atoms with Gasteiger partial charge in [-0.15, -0.1) is 0 Å². The smallest absolute Gasteiger partial charge is 0.343 e. The van der Waals surface area contributed by atoms with Gasteiger partial charge in [0.25, 0.3) is 0 Å². The largest absolute Gasteiger partial charge is 0.507 e. The van der Waals surface area contributed by atoms with Crippen molar-refractivity contribution in [3.05, 3.63) is 88.5 Å². The SMILES string of the molecule is CCCCOc1ccc(C(=O)Oc2ccc(CN[C@@H]3CC4C5CCc6cc(CO)ccc6C5CC[C@]4(C)[C@H]3O)c(O)c2)cc1. The van der Waals surface area contributed by atoms with Gasteiger partial charge in [0.2, 0.25) is 0 Å². The maximum Gasteiger partial charge on any atom is 0.343 e. The summed E-state index contributed by atoms with van der Waals surface area (Å²) in [6.07, 6.45) is 6.67. The second-order valence-electron chi connectivity index (χ2n) is 13.2. The molecule has 3 unspecified atom stereocenters. The molecule has 3 aromatic carbocycles. The number of aryl methyl sites for hydroxylation is 1. The maximum absolute atomic E-state index is 12.7. The van der Waals surface area contributed by atoms with Crippen molar-refractivity contribution >= 4 is 5.97 Å². The standard InChI is InChI=1S/C37H45NO6/c1-3-4-17-43-27-10-6-24(7-11-27)36(42)44-28-12-8-26(34(40)19-28)21-38-33-20-32-31-14-9-25-18-23(22-39)5-13-29(25)30(31)15-16-37(32,2)35(33)41/h5-8,10-13,18-19,30-33,35,38-41H,3-4,9,14-17,20-22H2,1-2H3/t30?,31?,32?,33-,35+,37+/m1/s1. The molecule has 0 bridgehead atoms. The lowest BCUT2D eigenvalue weighted by Gasteiger charge is -2.50. The van der Waals surface area contributed by atoms with Gasteiger partial charge in [-0.05, 0) is 109 Å². The molecule has 0 aliphatic heterocycles. The minimum absolute atomic E-state index is 0.0461. The highest BCUT2D eigenvalue weighted by Gasteiger charge is 2.57. The highest BCUT2D eigenvalue weighted by atomic mass is 16.5. The van der Waals surface area contributed by atoms with Crippen LogP contribution in [0.2, 0.25) is 0 Å². The lowest BCUT2D eigenvalue weighted by atomic mass is 9.55. The van der Waals surface area contributed by atoms with Crippen molar-refractivity contribution in [3.8, 4) is 17.2 Å². The molecule has 0 saturated heterocycles. The minimum atomic E-state index is -0.502.